The van der Waals surface area contributed by atoms with Crippen molar-refractivity contribution in [2.24, 2.45) is 12.1 Å². The first-order chi connectivity index (χ1) is 11.6. The summed E-state index contributed by atoms with van der Waals surface area (Å²) in [5.41, 5.74) is 4.62. The van der Waals surface area contributed by atoms with Gasteiger partial charge in [-0.25, -0.2) is 5.43 Å². The average Bonchev–Trinajstić information content (AvgIpc) is 2.89. The summed E-state index contributed by atoms with van der Waals surface area (Å²) in [6, 6.07) is 11.0. The third-order valence-corrected chi connectivity index (χ3v) is 3.87. The Kier molecular flexibility index (Phi) is 4.20. The number of amides is 1. The van der Waals surface area contributed by atoms with Crippen LogP contribution in [0.1, 0.15) is 17.0 Å². The summed E-state index contributed by atoms with van der Waals surface area (Å²) in [6.45, 7) is 2.00. The molecule has 0 radical (unpaired) electrons. The molecule has 1 N–H and O–H groups in total. The average molecular weight is 324 g/mol. The highest BCUT2D eigenvalue weighted by Gasteiger charge is 2.27. The second-order valence-electron chi connectivity index (χ2n) is 5.34. The molecule has 7 heteroatoms. The van der Waals surface area contributed by atoms with Crippen LogP contribution in [-0.2, 0) is 11.8 Å². The normalized spacial score (nSPS) is 16.0. The number of para-hydroxylation sites is 2. The molecule has 2 heterocycles. The number of hydrazone groups is 1. The Hall–Kier alpha value is -3.27. The highest BCUT2D eigenvalue weighted by molar-refractivity contribution is 5.86. The summed E-state index contributed by atoms with van der Waals surface area (Å²) < 4.78 is 12.9. The third-order valence-electron chi connectivity index (χ3n) is 3.87. The van der Waals surface area contributed by atoms with E-state index >= 15 is 0 Å². The van der Waals surface area contributed by atoms with Gasteiger partial charge >= 0.3 is 0 Å². The fourth-order valence-electron chi connectivity index (χ4n) is 2.35. The van der Waals surface area contributed by atoms with Crippen molar-refractivity contribution in [3.05, 3.63) is 47.3 Å². The fraction of sp³-hybridized carbons (Fsp3) is 0.235. The van der Waals surface area contributed by atoms with E-state index in [0.717, 1.165) is 11.3 Å². The van der Waals surface area contributed by atoms with E-state index in [1.807, 2.05) is 19.1 Å². The van der Waals surface area contributed by atoms with Crippen LogP contribution in [0.15, 0.2) is 35.4 Å². The van der Waals surface area contributed by atoms with Crippen molar-refractivity contribution in [1.82, 2.24) is 9.99 Å². The van der Waals surface area contributed by atoms with Crippen molar-refractivity contribution in [3.63, 3.8) is 0 Å². The minimum absolute atomic E-state index is 0.126. The molecule has 1 aromatic carbocycles. The molecule has 0 saturated carbocycles. The van der Waals surface area contributed by atoms with E-state index in [1.165, 1.54) is 6.21 Å². The molecule has 1 aromatic heterocycles. The number of nitriles is 1. The van der Waals surface area contributed by atoms with Gasteiger partial charge in [0.25, 0.3) is 5.91 Å². The maximum atomic E-state index is 12.1. The molecule has 0 aliphatic carbocycles. The topological polar surface area (TPSA) is 88.6 Å². The quantitative estimate of drug-likeness (QED) is 0.684. The molecular formula is C17H16N4O3. The molecule has 1 aliphatic rings. The van der Waals surface area contributed by atoms with E-state index in [9.17, 15) is 4.79 Å². The Labute approximate surface area is 139 Å². The first kappa shape index (κ1) is 15.6. The van der Waals surface area contributed by atoms with E-state index in [0.29, 0.717) is 17.2 Å². The van der Waals surface area contributed by atoms with Gasteiger partial charge in [0, 0.05) is 18.3 Å². The van der Waals surface area contributed by atoms with E-state index in [4.69, 9.17) is 14.7 Å². The van der Waals surface area contributed by atoms with Crippen molar-refractivity contribution < 1.29 is 14.3 Å². The van der Waals surface area contributed by atoms with Crippen molar-refractivity contribution in [1.29, 1.82) is 5.26 Å². The molecule has 7 nitrogen and oxygen atoms in total. The van der Waals surface area contributed by atoms with Crippen LogP contribution in [0.5, 0.6) is 11.5 Å². The van der Waals surface area contributed by atoms with Crippen LogP contribution in [0.25, 0.3) is 0 Å². The number of nitrogens with zero attached hydrogens (tertiary/aromatic N) is 3. The van der Waals surface area contributed by atoms with E-state index in [-0.39, 0.29) is 6.61 Å². The SMILES string of the molecule is Cc1c(/C=N\NC(=O)[C@@H]2COc3ccccc3O2)cc(C#N)n1C. The van der Waals surface area contributed by atoms with E-state index < -0.39 is 12.0 Å². The Morgan fingerprint density at radius 1 is 1.46 bits per heavy atom. The van der Waals surface area contributed by atoms with Gasteiger partial charge < -0.3 is 14.0 Å². The molecule has 24 heavy (non-hydrogen) atoms. The molecule has 1 aliphatic heterocycles. The summed E-state index contributed by atoms with van der Waals surface area (Å²) in [6.07, 6.45) is 0.745. The molecule has 0 bridgehead atoms. The van der Waals surface area contributed by atoms with E-state index in [2.05, 4.69) is 16.6 Å². The maximum absolute atomic E-state index is 12.1. The van der Waals surface area contributed by atoms with Gasteiger partial charge in [0.05, 0.1) is 6.21 Å². The molecular weight excluding hydrogens is 308 g/mol. The van der Waals surface area contributed by atoms with Crippen molar-refractivity contribution >= 4 is 12.1 Å². The van der Waals surface area contributed by atoms with E-state index in [1.54, 1.807) is 29.8 Å². The maximum Gasteiger partial charge on any atom is 0.284 e. The van der Waals surface area contributed by atoms with Gasteiger partial charge in [-0.1, -0.05) is 12.1 Å². The summed E-state index contributed by atoms with van der Waals surface area (Å²) in [4.78, 5) is 12.1. The predicted molar refractivity (Wildman–Crippen MR) is 87.0 cm³/mol. The van der Waals surface area contributed by atoms with Crippen LogP contribution in [0, 0.1) is 18.3 Å². The predicted octanol–water partition coefficient (Wildman–Crippen LogP) is 1.50. The molecule has 1 amide bonds. The molecule has 1 atom stereocenters. The molecule has 3 rings (SSSR count). The highest BCUT2D eigenvalue weighted by Crippen LogP contribution is 2.30. The lowest BCUT2D eigenvalue weighted by Crippen LogP contribution is -2.42. The number of fused-ring (bicyclic) bond motifs is 1. The largest absolute Gasteiger partial charge is 0.485 e. The van der Waals surface area contributed by atoms with Gasteiger partial charge in [-0.2, -0.15) is 10.4 Å². The van der Waals surface area contributed by atoms with Crippen LogP contribution in [-0.4, -0.2) is 29.4 Å². The summed E-state index contributed by atoms with van der Waals surface area (Å²) in [7, 11) is 1.80. The summed E-state index contributed by atoms with van der Waals surface area (Å²) >= 11 is 0. The molecule has 2 aromatic rings. The standard InChI is InChI=1S/C17H16N4O3/c1-11-12(7-13(8-18)21(11)2)9-19-20-17(22)16-10-23-14-5-3-4-6-15(14)24-16/h3-7,9,16H,10H2,1-2H3,(H,20,22)/b19-9-/t16-/m0/s1. The summed E-state index contributed by atoms with van der Waals surface area (Å²) in [5.74, 6) is 0.759. The smallest absolute Gasteiger partial charge is 0.284 e. The van der Waals surface area contributed by atoms with Crippen molar-refractivity contribution in [3.8, 4) is 17.6 Å². The lowest BCUT2D eigenvalue weighted by Gasteiger charge is -2.24. The Bertz CT molecular complexity index is 848. The molecule has 122 valence electrons. The van der Waals surface area contributed by atoms with Crippen molar-refractivity contribution in [2.75, 3.05) is 6.61 Å². The second-order valence-corrected chi connectivity index (χ2v) is 5.34. The number of nitrogens with one attached hydrogen (secondary N) is 1. The minimum atomic E-state index is -0.761. The zero-order chi connectivity index (χ0) is 17.1. The number of rotatable bonds is 3. The van der Waals surface area contributed by atoms with Gasteiger partial charge in [0.1, 0.15) is 18.4 Å². The van der Waals surface area contributed by atoms with Crippen LogP contribution in [0.3, 0.4) is 0 Å². The Balaban J connectivity index is 1.63. The number of hydrogen-bond acceptors (Lipinski definition) is 5. The molecule has 0 saturated heterocycles. The number of carbonyl (C=O) groups excluding carboxylic acids is 1. The molecule has 0 unspecified atom stereocenters. The number of hydrogen-bond donors (Lipinski definition) is 1. The lowest BCUT2D eigenvalue weighted by molar-refractivity contribution is -0.130. The second kappa shape index (κ2) is 6.46. The van der Waals surface area contributed by atoms with Crippen LogP contribution >= 0.6 is 0 Å². The Morgan fingerprint density at radius 2 is 2.21 bits per heavy atom. The van der Waals surface area contributed by atoms with Gasteiger partial charge in [0.2, 0.25) is 6.10 Å². The number of ether oxygens (including phenoxy) is 2. The number of carbonyl (C=O) groups is 1. The zero-order valence-electron chi connectivity index (χ0n) is 13.3. The van der Waals surface area contributed by atoms with Gasteiger partial charge in [-0.15, -0.1) is 0 Å². The third kappa shape index (κ3) is 2.94. The van der Waals surface area contributed by atoms with Crippen LogP contribution < -0.4 is 14.9 Å². The summed E-state index contributed by atoms with van der Waals surface area (Å²) in [5, 5.41) is 12.9. The van der Waals surface area contributed by atoms with Crippen molar-refractivity contribution in [2.45, 2.75) is 13.0 Å². The fourth-order valence-corrected chi connectivity index (χ4v) is 2.35. The number of aromatic nitrogens is 1. The van der Waals surface area contributed by atoms with Crippen LogP contribution in [0.4, 0.5) is 0 Å². The first-order valence-electron chi connectivity index (χ1n) is 7.38. The zero-order valence-corrected chi connectivity index (χ0v) is 13.3. The van der Waals surface area contributed by atoms with Crippen LogP contribution in [0.2, 0.25) is 0 Å². The highest BCUT2D eigenvalue weighted by atomic mass is 16.6. The lowest BCUT2D eigenvalue weighted by atomic mass is 10.2. The molecule has 0 fully saturated rings. The molecule has 0 spiro atoms. The van der Waals surface area contributed by atoms with Gasteiger partial charge in [-0.3, -0.25) is 4.79 Å². The Morgan fingerprint density at radius 3 is 2.92 bits per heavy atom. The number of benzene rings is 1. The first-order valence-corrected chi connectivity index (χ1v) is 7.38. The minimum Gasteiger partial charge on any atom is -0.485 e. The van der Waals surface area contributed by atoms with Gasteiger partial charge in [-0.05, 0) is 25.1 Å². The van der Waals surface area contributed by atoms with Gasteiger partial charge in [0.15, 0.2) is 11.5 Å². The monoisotopic (exact) mass is 324 g/mol.